The average Bonchev–Trinajstić information content (AvgIpc) is 2.68. The molecule has 0 spiro atoms. The van der Waals surface area contributed by atoms with Crippen molar-refractivity contribution < 1.29 is 9.18 Å². The maximum Gasteiger partial charge on any atom is 0.257 e. The Balaban J connectivity index is 2.24. The van der Waals surface area contributed by atoms with Gasteiger partial charge in [-0.2, -0.15) is 0 Å². The van der Waals surface area contributed by atoms with Crippen LogP contribution in [-0.4, -0.2) is 28.9 Å². The van der Waals surface area contributed by atoms with Crippen molar-refractivity contribution in [3.63, 3.8) is 0 Å². The predicted octanol–water partition coefficient (Wildman–Crippen LogP) is 1.28. The van der Waals surface area contributed by atoms with Crippen LogP contribution in [-0.2, 0) is 0 Å². The lowest BCUT2D eigenvalue weighted by Gasteiger charge is -2.16. The van der Waals surface area contributed by atoms with E-state index in [9.17, 15) is 9.18 Å². The number of nitrogens with zero attached hydrogens (tertiary/aromatic N) is 2. The van der Waals surface area contributed by atoms with Crippen LogP contribution in [0.2, 0.25) is 0 Å². The molecule has 1 atom stereocenters. The van der Waals surface area contributed by atoms with E-state index in [1.807, 2.05) is 0 Å². The second kappa shape index (κ2) is 4.08. The lowest BCUT2D eigenvalue weighted by atomic mass is 10.2. The monoisotopic (exact) mass is 223 g/mol. The van der Waals surface area contributed by atoms with Gasteiger partial charge in [-0.3, -0.25) is 4.79 Å². The van der Waals surface area contributed by atoms with Crippen molar-refractivity contribution >= 4 is 11.7 Å². The highest BCUT2D eigenvalue weighted by Gasteiger charge is 2.26. The molecule has 5 heteroatoms. The molecule has 1 aliphatic heterocycles. The molecule has 16 heavy (non-hydrogen) atoms. The first kappa shape index (κ1) is 10.9. The maximum absolute atomic E-state index is 13.6. The van der Waals surface area contributed by atoms with Crippen LogP contribution in [0.5, 0.6) is 0 Å². The number of likely N-dealkylation sites (tertiary alicyclic amines) is 1. The summed E-state index contributed by atoms with van der Waals surface area (Å²) in [4.78, 5) is 17.2. The zero-order valence-corrected chi connectivity index (χ0v) is 9.11. The molecule has 86 valence electrons. The summed E-state index contributed by atoms with van der Waals surface area (Å²) in [5.41, 5.74) is 5.34. The quantitative estimate of drug-likeness (QED) is 0.780. The molecule has 1 unspecified atom stereocenters. The standard InChI is InChI=1S/C11H14FN3O/c1-7-3-5-15(6-7)11(16)8-2-4-14-10(13)9(8)12/h2,4,7H,3,5-6H2,1H3,(H2,13,14). The summed E-state index contributed by atoms with van der Waals surface area (Å²) in [7, 11) is 0. The summed E-state index contributed by atoms with van der Waals surface area (Å²) < 4.78 is 13.6. The highest BCUT2D eigenvalue weighted by Crippen LogP contribution is 2.20. The van der Waals surface area contributed by atoms with Gasteiger partial charge in [0.05, 0.1) is 5.56 Å². The Hall–Kier alpha value is -1.65. The second-order valence-corrected chi connectivity index (χ2v) is 4.20. The highest BCUT2D eigenvalue weighted by molar-refractivity contribution is 5.95. The van der Waals surface area contributed by atoms with E-state index < -0.39 is 5.82 Å². The molecule has 2 heterocycles. The number of amides is 1. The molecule has 1 aromatic rings. The number of rotatable bonds is 1. The topological polar surface area (TPSA) is 59.2 Å². The number of carbonyl (C=O) groups is 1. The van der Waals surface area contributed by atoms with E-state index in [0.717, 1.165) is 6.42 Å². The molecule has 2 rings (SSSR count). The minimum atomic E-state index is -0.716. The summed E-state index contributed by atoms with van der Waals surface area (Å²) in [5, 5.41) is 0. The predicted molar refractivity (Wildman–Crippen MR) is 58.3 cm³/mol. The van der Waals surface area contributed by atoms with E-state index in [1.165, 1.54) is 12.3 Å². The molecule has 1 amide bonds. The van der Waals surface area contributed by atoms with Crippen LogP contribution >= 0.6 is 0 Å². The number of hydrogen-bond acceptors (Lipinski definition) is 3. The second-order valence-electron chi connectivity index (χ2n) is 4.20. The maximum atomic E-state index is 13.6. The number of halogens is 1. The molecule has 1 saturated heterocycles. The van der Waals surface area contributed by atoms with Crippen LogP contribution in [0.15, 0.2) is 12.3 Å². The number of nitrogens with two attached hydrogens (primary N) is 1. The van der Waals surface area contributed by atoms with Gasteiger partial charge >= 0.3 is 0 Å². The van der Waals surface area contributed by atoms with Gasteiger partial charge in [0.2, 0.25) is 0 Å². The SMILES string of the molecule is CC1CCN(C(=O)c2ccnc(N)c2F)C1. The fourth-order valence-corrected chi connectivity index (χ4v) is 1.91. The molecule has 1 aliphatic rings. The Morgan fingerprint density at radius 2 is 2.44 bits per heavy atom. The van der Waals surface area contributed by atoms with E-state index in [4.69, 9.17) is 5.73 Å². The lowest BCUT2D eigenvalue weighted by molar-refractivity contribution is 0.0783. The highest BCUT2D eigenvalue weighted by atomic mass is 19.1. The van der Waals surface area contributed by atoms with Gasteiger partial charge in [-0.05, 0) is 18.4 Å². The first-order valence-corrected chi connectivity index (χ1v) is 5.29. The van der Waals surface area contributed by atoms with Crippen LogP contribution in [0, 0.1) is 11.7 Å². The van der Waals surface area contributed by atoms with Crippen molar-refractivity contribution in [1.29, 1.82) is 0 Å². The molecule has 1 aromatic heterocycles. The van der Waals surface area contributed by atoms with Gasteiger partial charge in [0.25, 0.3) is 5.91 Å². The van der Waals surface area contributed by atoms with Gasteiger partial charge in [0.15, 0.2) is 11.6 Å². The third-order valence-corrected chi connectivity index (χ3v) is 2.86. The lowest BCUT2D eigenvalue weighted by Crippen LogP contribution is -2.29. The Morgan fingerprint density at radius 1 is 1.69 bits per heavy atom. The summed E-state index contributed by atoms with van der Waals surface area (Å²) in [5.74, 6) is -0.757. The number of hydrogen-bond donors (Lipinski definition) is 1. The largest absolute Gasteiger partial charge is 0.381 e. The molecular formula is C11H14FN3O. The molecule has 2 N–H and O–H groups in total. The van der Waals surface area contributed by atoms with Gasteiger partial charge < -0.3 is 10.6 Å². The molecule has 0 bridgehead atoms. The molecule has 0 saturated carbocycles. The van der Waals surface area contributed by atoms with Gasteiger partial charge in [0, 0.05) is 19.3 Å². The summed E-state index contributed by atoms with van der Waals surface area (Å²) in [6.07, 6.45) is 2.32. The number of anilines is 1. The van der Waals surface area contributed by atoms with E-state index in [0.29, 0.717) is 19.0 Å². The van der Waals surface area contributed by atoms with E-state index in [1.54, 1.807) is 4.90 Å². The molecule has 0 aliphatic carbocycles. The summed E-state index contributed by atoms with van der Waals surface area (Å²) in [6.45, 7) is 3.44. The molecule has 0 aromatic carbocycles. The van der Waals surface area contributed by atoms with Gasteiger partial charge in [-0.15, -0.1) is 0 Å². The van der Waals surface area contributed by atoms with E-state index >= 15 is 0 Å². The fourth-order valence-electron chi connectivity index (χ4n) is 1.91. The van der Waals surface area contributed by atoms with Crippen molar-refractivity contribution in [2.45, 2.75) is 13.3 Å². The van der Waals surface area contributed by atoms with Crippen molar-refractivity contribution in [2.75, 3.05) is 18.8 Å². The Kier molecular flexibility index (Phi) is 2.77. The van der Waals surface area contributed by atoms with Crippen LogP contribution < -0.4 is 5.73 Å². The van der Waals surface area contributed by atoms with Crippen molar-refractivity contribution in [3.05, 3.63) is 23.6 Å². The minimum absolute atomic E-state index is 0.0154. The van der Waals surface area contributed by atoms with Crippen LogP contribution in [0.3, 0.4) is 0 Å². The number of nitrogen functional groups attached to an aromatic ring is 1. The van der Waals surface area contributed by atoms with E-state index in [2.05, 4.69) is 11.9 Å². The number of pyridine rings is 1. The van der Waals surface area contributed by atoms with Gasteiger partial charge in [-0.1, -0.05) is 6.92 Å². The van der Waals surface area contributed by atoms with Crippen molar-refractivity contribution in [1.82, 2.24) is 9.88 Å². The smallest absolute Gasteiger partial charge is 0.257 e. The van der Waals surface area contributed by atoms with Crippen LogP contribution in [0.1, 0.15) is 23.7 Å². The first-order chi connectivity index (χ1) is 7.59. The molecule has 4 nitrogen and oxygen atoms in total. The van der Waals surface area contributed by atoms with Crippen LogP contribution in [0.4, 0.5) is 10.2 Å². The third kappa shape index (κ3) is 1.85. The fraction of sp³-hybridized carbons (Fsp3) is 0.455. The zero-order valence-electron chi connectivity index (χ0n) is 9.11. The van der Waals surface area contributed by atoms with Gasteiger partial charge in [0.1, 0.15) is 0 Å². The average molecular weight is 223 g/mol. The number of carbonyl (C=O) groups excluding carboxylic acids is 1. The van der Waals surface area contributed by atoms with E-state index in [-0.39, 0.29) is 17.3 Å². The Morgan fingerprint density at radius 3 is 3.06 bits per heavy atom. The third-order valence-electron chi connectivity index (χ3n) is 2.86. The molecular weight excluding hydrogens is 209 g/mol. The first-order valence-electron chi connectivity index (χ1n) is 5.29. The Bertz CT molecular complexity index is 422. The number of aromatic nitrogens is 1. The summed E-state index contributed by atoms with van der Waals surface area (Å²) >= 11 is 0. The summed E-state index contributed by atoms with van der Waals surface area (Å²) in [6, 6.07) is 1.37. The molecule has 0 radical (unpaired) electrons. The normalized spacial score (nSPS) is 20.1. The molecule has 1 fully saturated rings. The van der Waals surface area contributed by atoms with Gasteiger partial charge in [-0.25, -0.2) is 9.37 Å². The van der Waals surface area contributed by atoms with Crippen molar-refractivity contribution in [3.8, 4) is 0 Å². The minimum Gasteiger partial charge on any atom is -0.381 e. The zero-order chi connectivity index (χ0) is 11.7. The van der Waals surface area contributed by atoms with Crippen LogP contribution in [0.25, 0.3) is 0 Å². The Labute approximate surface area is 93.3 Å². The van der Waals surface area contributed by atoms with Crippen molar-refractivity contribution in [2.24, 2.45) is 5.92 Å².